The van der Waals surface area contributed by atoms with Crippen molar-refractivity contribution in [3.05, 3.63) is 87.8 Å². The maximum Gasteiger partial charge on any atom is 0.255 e. The lowest BCUT2D eigenvalue weighted by Crippen LogP contribution is -2.47. The summed E-state index contributed by atoms with van der Waals surface area (Å²) in [7, 11) is 0. The first kappa shape index (κ1) is 23.2. The standard InChI is InChI=1S/C25H25Cl2N5O/c1-18-4-9-22(30-25(33)20-10-11-28-23(27)17-20)24(29-18)32-15-13-31(14-16-32)12-2-3-19-5-7-21(26)8-6-19/h2-11,17H,12-16H2,1H3,(H,30,33)/b3-2+. The minimum absolute atomic E-state index is 0.239. The Kier molecular flexibility index (Phi) is 7.60. The van der Waals surface area contributed by atoms with Gasteiger partial charge in [0.25, 0.3) is 5.91 Å². The van der Waals surface area contributed by atoms with Crippen LogP contribution in [0.25, 0.3) is 6.08 Å². The van der Waals surface area contributed by atoms with E-state index in [1.807, 2.05) is 43.3 Å². The molecule has 33 heavy (non-hydrogen) atoms. The van der Waals surface area contributed by atoms with Crippen molar-refractivity contribution in [3.63, 3.8) is 0 Å². The Morgan fingerprint density at radius 2 is 1.82 bits per heavy atom. The summed E-state index contributed by atoms with van der Waals surface area (Å²) in [6, 6.07) is 14.8. The molecule has 3 heterocycles. The van der Waals surface area contributed by atoms with Gasteiger partial charge < -0.3 is 10.2 Å². The molecule has 2 aromatic heterocycles. The average Bonchev–Trinajstić information content (AvgIpc) is 2.82. The molecule has 1 saturated heterocycles. The van der Waals surface area contributed by atoms with E-state index in [4.69, 9.17) is 28.2 Å². The third-order valence-corrected chi connectivity index (χ3v) is 5.93. The molecule has 0 atom stereocenters. The van der Waals surface area contributed by atoms with Crippen molar-refractivity contribution in [1.82, 2.24) is 14.9 Å². The highest BCUT2D eigenvalue weighted by atomic mass is 35.5. The molecule has 1 aromatic carbocycles. The molecular weight excluding hydrogens is 457 g/mol. The second-order valence-corrected chi connectivity index (χ2v) is 8.71. The molecule has 1 fully saturated rings. The summed E-state index contributed by atoms with van der Waals surface area (Å²) in [6.45, 7) is 6.31. The Morgan fingerprint density at radius 3 is 2.55 bits per heavy atom. The largest absolute Gasteiger partial charge is 0.352 e. The van der Waals surface area contributed by atoms with Crippen LogP contribution in [0.4, 0.5) is 11.5 Å². The van der Waals surface area contributed by atoms with Gasteiger partial charge in [-0.1, -0.05) is 47.5 Å². The van der Waals surface area contributed by atoms with E-state index in [-0.39, 0.29) is 11.1 Å². The lowest BCUT2D eigenvalue weighted by molar-refractivity contribution is 0.102. The van der Waals surface area contributed by atoms with Gasteiger partial charge in [-0.25, -0.2) is 9.97 Å². The SMILES string of the molecule is Cc1ccc(NC(=O)c2ccnc(Cl)c2)c(N2CCN(C/C=C/c3ccc(Cl)cc3)CC2)n1. The van der Waals surface area contributed by atoms with Crippen LogP contribution in [-0.4, -0.2) is 53.5 Å². The van der Waals surface area contributed by atoms with Crippen LogP contribution in [0.15, 0.2) is 60.8 Å². The smallest absolute Gasteiger partial charge is 0.255 e. The van der Waals surface area contributed by atoms with Crippen LogP contribution in [0.2, 0.25) is 10.2 Å². The summed E-state index contributed by atoms with van der Waals surface area (Å²) in [6.07, 6.45) is 5.81. The second kappa shape index (κ2) is 10.8. The molecule has 170 valence electrons. The Balaban J connectivity index is 1.38. The number of benzene rings is 1. The molecule has 1 aliphatic rings. The van der Waals surface area contributed by atoms with Gasteiger partial charge >= 0.3 is 0 Å². The number of carbonyl (C=O) groups excluding carboxylic acids is 1. The van der Waals surface area contributed by atoms with E-state index in [1.165, 1.54) is 6.20 Å². The van der Waals surface area contributed by atoms with E-state index in [0.717, 1.165) is 54.8 Å². The molecule has 1 N–H and O–H groups in total. The lowest BCUT2D eigenvalue weighted by Gasteiger charge is -2.35. The summed E-state index contributed by atoms with van der Waals surface area (Å²) in [4.78, 5) is 26.0. The number of halogens is 2. The van der Waals surface area contributed by atoms with Crippen molar-refractivity contribution in [2.75, 3.05) is 42.9 Å². The van der Waals surface area contributed by atoms with E-state index >= 15 is 0 Å². The number of hydrogen-bond acceptors (Lipinski definition) is 5. The van der Waals surface area contributed by atoms with Gasteiger partial charge in [-0.2, -0.15) is 0 Å². The number of rotatable bonds is 6. The van der Waals surface area contributed by atoms with Gasteiger partial charge in [-0.3, -0.25) is 9.69 Å². The molecule has 0 bridgehead atoms. The van der Waals surface area contributed by atoms with Crippen molar-refractivity contribution in [2.45, 2.75) is 6.92 Å². The molecule has 0 aliphatic carbocycles. The monoisotopic (exact) mass is 481 g/mol. The number of piperazine rings is 1. The molecule has 4 rings (SSSR count). The molecular formula is C25H25Cl2N5O. The summed E-state index contributed by atoms with van der Waals surface area (Å²) < 4.78 is 0. The Hall–Kier alpha value is -2.93. The van der Waals surface area contributed by atoms with Crippen molar-refractivity contribution in [3.8, 4) is 0 Å². The summed E-state index contributed by atoms with van der Waals surface area (Å²) in [5.41, 5.74) is 3.19. The first-order chi connectivity index (χ1) is 16.0. The van der Waals surface area contributed by atoms with E-state index < -0.39 is 0 Å². The highest BCUT2D eigenvalue weighted by Gasteiger charge is 2.21. The number of carbonyl (C=O) groups is 1. The second-order valence-electron chi connectivity index (χ2n) is 7.89. The van der Waals surface area contributed by atoms with Gasteiger partial charge in [-0.15, -0.1) is 0 Å². The predicted molar refractivity (Wildman–Crippen MR) is 135 cm³/mol. The van der Waals surface area contributed by atoms with Crippen LogP contribution in [0.1, 0.15) is 21.6 Å². The highest BCUT2D eigenvalue weighted by molar-refractivity contribution is 6.30. The van der Waals surface area contributed by atoms with Gasteiger partial charge in [0, 0.05) is 55.2 Å². The van der Waals surface area contributed by atoms with Gasteiger partial charge in [-0.05, 0) is 48.9 Å². The van der Waals surface area contributed by atoms with E-state index in [0.29, 0.717) is 11.3 Å². The first-order valence-corrected chi connectivity index (χ1v) is 11.5. The molecule has 3 aromatic rings. The summed E-state index contributed by atoms with van der Waals surface area (Å²) in [5.74, 6) is 0.553. The molecule has 8 heteroatoms. The maximum absolute atomic E-state index is 12.7. The van der Waals surface area contributed by atoms with Crippen LogP contribution >= 0.6 is 23.2 Å². The van der Waals surface area contributed by atoms with Crippen LogP contribution < -0.4 is 10.2 Å². The maximum atomic E-state index is 12.7. The minimum atomic E-state index is -0.239. The number of hydrogen-bond donors (Lipinski definition) is 1. The van der Waals surface area contributed by atoms with E-state index in [9.17, 15) is 4.79 Å². The quantitative estimate of drug-likeness (QED) is 0.491. The fourth-order valence-corrected chi connectivity index (χ4v) is 3.97. The van der Waals surface area contributed by atoms with Crippen molar-refractivity contribution in [1.29, 1.82) is 0 Å². The summed E-state index contributed by atoms with van der Waals surface area (Å²) in [5, 5.41) is 4.01. The molecule has 0 saturated carbocycles. The van der Waals surface area contributed by atoms with Gasteiger partial charge in [0.15, 0.2) is 5.82 Å². The van der Waals surface area contributed by atoms with Crippen LogP contribution in [0.5, 0.6) is 0 Å². The van der Waals surface area contributed by atoms with E-state index in [1.54, 1.807) is 12.1 Å². The number of amides is 1. The molecule has 0 unspecified atom stereocenters. The fourth-order valence-electron chi connectivity index (χ4n) is 3.67. The molecule has 0 spiro atoms. The zero-order valence-corrected chi connectivity index (χ0v) is 19.9. The van der Waals surface area contributed by atoms with Crippen LogP contribution in [0, 0.1) is 6.92 Å². The average molecular weight is 482 g/mol. The van der Waals surface area contributed by atoms with Gasteiger partial charge in [0.05, 0.1) is 5.69 Å². The zero-order valence-electron chi connectivity index (χ0n) is 18.3. The Labute approximate surface area is 203 Å². The van der Waals surface area contributed by atoms with Crippen LogP contribution in [-0.2, 0) is 0 Å². The van der Waals surface area contributed by atoms with Crippen LogP contribution in [0.3, 0.4) is 0 Å². The number of nitrogens with one attached hydrogen (secondary N) is 1. The molecule has 0 radical (unpaired) electrons. The van der Waals surface area contributed by atoms with E-state index in [2.05, 4.69) is 32.3 Å². The summed E-state index contributed by atoms with van der Waals surface area (Å²) >= 11 is 11.9. The lowest BCUT2D eigenvalue weighted by atomic mass is 10.2. The number of anilines is 2. The number of pyridine rings is 2. The molecule has 1 amide bonds. The normalized spacial score (nSPS) is 14.6. The molecule has 6 nitrogen and oxygen atoms in total. The zero-order chi connectivity index (χ0) is 23.2. The minimum Gasteiger partial charge on any atom is -0.352 e. The number of aromatic nitrogens is 2. The number of nitrogens with zero attached hydrogens (tertiary/aromatic N) is 4. The Morgan fingerprint density at radius 1 is 1.06 bits per heavy atom. The Bertz CT molecular complexity index is 1140. The predicted octanol–water partition coefficient (Wildman–Crippen LogP) is 5.18. The van der Waals surface area contributed by atoms with Crippen molar-refractivity contribution in [2.24, 2.45) is 0 Å². The van der Waals surface area contributed by atoms with Gasteiger partial charge in [0.2, 0.25) is 0 Å². The topological polar surface area (TPSA) is 61.4 Å². The van der Waals surface area contributed by atoms with Crippen molar-refractivity contribution < 1.29 is 4.79 Å². The third kappa shape index (κ3) is 6.32. The fraction of sp³-hybridized carbons (Fsp3) is 0.240. The number of aryl methyl sites for hydroxylation is 1. The van der Waals surface area contributed by atoms with Gasteiger partial charge in [0.1, 0.15) is 5.15 Å². The molecule has 1 aliphatic heterocycles. The third-order valence-electron chi connectivity index (χ3n) is 5.47. The highest BCUT2D eigenvalue weighted by Crippen LogP contribution is 2.26. The van der Waals surface area contributed by atoms with Crippen molar-refractivity contribution >= 4 is 46.7 Å². The first-order valence-electron chi connectivity index (χ1n) is 10.8.